The van der Waals surface area contributed by atoms with E-state index in [-0.39, 0.29) is 11.3 Å². The molecule has 0 radical (unpaired) electrons. The van der Waals surface area contributed by atoms with E-state index in [9.17, 15) is 9.59 Å². The molecule has 0 amide bonds. The van der Waals surface area contributed by atoms with E-state index in [1.54, 1.807) is 49.6 Å². The first-order valence-electron chi connectivity index (χ1n) is 7.46. The van der Waals surface area contributed by atoms with Gasteiger partial charge in [0.05, 0.1) is 29.7 Å². The molecule has 0 atom stereocenters. The maximum absolute atomic E-state index is 12.5. The van der Waals surface area contributed by atoms with E-state index in [1.807, 2.05) is 0 Å². The standard InChI is InChI=1S/C19H12O6/c1-22-12-4-2-11(3-5-12)19(21)25-18-13-6-7-17(20)24-16(13)10-15-14(18)8-9-23-15/h2-10H,1H3. The Labute approximate surface area is 141 Å². The number of fused-ring (bicyclic) bond motifs is 2. The van der Waals surface area contributed by atoms with Gasteiger partial charge in [-0.1, -0.05) is 0 Å². The number of carbonyl (C=O) groups excluding carboxylic acids is 1. The lowest BCUT2D eigenvalue weighted by atomic mass is 10.1. The molecule has 6 heteroatoms. The minimum atomic E-state index is -0.538. The molecule has 0 aliphatic carbocycles. The average Bonchev–Trinajstić information content (AvgIpc) is 3.09. The summed E-state index contributed by atoms with van der Waals surface area (Å²) in [4.78, 5) is 24.0. The number of furan rings is 1. The van der Waals surface area contributed by atoms with Crippen molar-refractivity contribution in [1.82, 2.24) is 0 Å². The summed E-state index contributed by atoms with van der Waals surface area (Å²) in [6, 6.07) is 12.7. The number of hydrogen-bond acceptors (Lipinski definition) is 6. The Balaban J connectivity index is 1.82. The average molecular weight is 336 g/mol. The first-order valence-corrected chi connectivity index (χ1v) is 7.46. The van der Waals surface area contributed by atoms with Crippen LogP contribution in [0.3, 0.4) is 0 Å². The molecule has 0 spiro atoms. The van der Waals surface area contributed by atoms with Gasteiger partial charge in [0.25, 0.3) is 0 Å². The van der Waals surface area contributed by atoms with Crippen molar-refractivity contribution in [2.24, 2.45) is 0 Å². The summed E-state index contributed by atoms with van der Waals surface area (Å²) in [6.07, 6.45) is 1.48. The van der Waals surface area contributed by atoms with Crippen LogP contribution in [0.4, 0.5) is 0 Å². The van der Waals surface area contributed by atoms with Crippen molar-refractivity contribution in [3.05, 3.63) is 70.8 Å². The molecule has 0 aliphatic heterocycles. The van der Waals surface area contributed by atoms with Gasteiger partial charge in [0.1, 0.15) is 16.9 Å². The Hall–Kier alpha value is -3.54. The predicted octanol–water partition coefficient (Wildman–Crippen LogP) is 3.77. The summed E-state index contributed by atoms with van der Waals surface area (Å²) in [6.45, 7) is 0. The summed E-state index contributed by atoms with van der Waals surface area (Å²) >= 11 is 0. The highest BCUT2D eigenvalue weighted by Crippen LogP contribution is 2.35. The summed E-state index contributed by atoms with van der Waals surface area (Å²) in [5, 5.41) is 1.12. The highest BCUT2D eigenvalue weighted by molar-refractivity contribution is 6.04. The van der Waals surface area contributed by atoms with Crippen molar-refractivity contribution in [1.29, 1.82) is 0 Å². The van der Waals surface area contributed by atoms with Gasteiger partial charge in [0.2, 0.25) is 0 Å². The maximum Gasteiger partial charge on any atom is 0.343 e. The Morgan fingerprint density at radius 3 is 2.48 bits per heavy atom. The van der Waals surface area contributed by atoms with E-state index in [1.165, 1.54) is 12.3 Å². The molecule has 0 fully saturated rings. The van der Waals surface area contributed by atoms with E-state index < -0.39 is 11.6 Å². The van der Waals surface area contributed by atoms with Crippen LogP contribution in [0.25, 0.3) is 21.9 Å². The van der Waals surface area contributed by atoms with Crippen LogP contribution < -0.4 is 15.1 Å². The molecule has 0 saturated carbocycles. The van der Waals surface area contributed by atoms with Gasteiger partial charge >= 0.3 is 11.6 Å². The van der Waals surface area contributed by atoms with Gasteiger partial charge in [-0.3, -0.25) is 0 Å². The van der Waals surface area contributed by atoms with Crippen LogP contribution in [-0.4, -0.2) is 13.1 Å². The summed E-state index contributed by atoms with van der Waals surface area (Å²) in [7, 11) is 1.55. The van der Waals surface area contributed by atoms with Gasteiger partial charge < -0.3 is 18.3 Å². The molecular formula is C19H12O6. The Morgan fingerprint density at radius 2 is 1.72 bits per heavy atom. The fourth-order valence-electron chi connectivity index (χ4n) is 2.60. The highest BCUT2D eigenvalue weighted by atomic mass is 16.5. The fraction of sp³-hybridized carbons (Fsp3) is 0.0526. The molecule has 4 aromatic rings. The van der Waals surface area contributed by atoms with Crippen molar-refractivity contribution in [3.8, 4) is 11.5 Å². The Morgan fingerprint density at radius 1 is 0.960 bits per heavy atom. The molecule has 2 aromatic heterocycles. The minimum Gasteiger partial charge on any atom is -0.497 e. The van der Waals surface area contributed by atoms with E-state index in [0.29, 0.717) is 27.7 Å². The van der Waals surface area contributed by atoms with Gasteiger partial charge in [0.15, 0.2) is 5.75 Å². The third-order valence-electron chi connectivity index (χ3n) is 3.83. The zero-order valence-electron chi connectivity index (χ0n) is 13.1. The van der Waals surface area contributed by atoms with E-state index in [2.05, 4.69) is 0 Å². The van der Waals surface area contributed by atoms with Crippen LogP contribution in [0.15, 0.2) is 68.4 Å². The number of esters is 1. The fourth-order valence-corrected chi connectivity index (χ4v) is 2.60. The predicted molar refractivity (Wildman–Crippen MR) is 90.2 cm³/mol. The minimum absolute atomic E-state index is 0.283. The Bertz CT molecular complexity index is 1130. The number of rotatable bonds is 3. The third-order valence-corrected chi connectivity index (χ3v) is 3.83. The van der Waals surface area contributed by atoms with Gasteiger partial charge in [0, 0.05) is 12.1 Å². The molecule has 6 nitrogen and oxygen atoms in total. The second-order valence-corrected chi connectivity index (χ2v) is 5.32. The van der Waals surface area contributed by atoms with Gasteiger partial charge in [-0.05, 0) is 36.4 Å². The Kier molecular flexibility index (Phi) is 3.50. The molecule has 0 aliphatic rings. The van der Waals surface area contributed by atoms with Crippen molar-refractivity contribution in [2.75, 3.05) is 7.11 Å². The van der Waals surface area contributed by atoms with Crippen LogP contribution in [0.1, 0.15) is 10.4 Å². The van der Waals surface area contributed by atoms with E-state index >= 15 is 0 Å². The van der Waals surface area contributed by atoms with Crippen LogP contribution in [0.2, 0.25) is 0 Å². The number of methoxy groups -OCH3 is 1. The zero-order chi connectivity index (χ0) is 17.4. The van der Waals surface area contributed by atoms with Crippen LogP contribution in [-0.2, 0) is 0 Å². The van der Waals surface area contributed by atoms with Crippen molar-refractivity contribution in [3.63, 3.8) is 0 Å². The molecular weight excluding hydrogens is 324 g/mol. The van der Waals surface area contributed by atoms with Gasteiger partial charge in [-0.15, -0.1) is 0 Å². The second kappa shape index (κ2) is 5.83. The molecule has 25 heavy (non-hydrogen) atoms. The quantitative estimate of drug-likeness (QED) is 0.322. The molecule has 0 unspecified atom stereocenters. The summed E-state index contributed by atoms with van der Waals surface area (Å²) in [5.41, 5.74) is 0.615. The molecule has 124 valence electrons. The number of ether oxygens (including phenoxy) is 2. The lowest BCUT2D eigenvalue weighted by Gasteiger charge is -2.09. The third kappa shape index (κ3) is 2.63. The number of benzene rings is 2. The van der Waals surface area contributed by atoms with Crippen molar-refractivity contribution < 1.29 is 23.1 Å². The largest absolute Gasteiger partial charge is 0.497 e. The first kappa shape index (κ1) is 15.0. The van der Waals surface area contributed by atoms with Crippen LogP contribution in [0.5, 0.6) is 11.5 Å². The summed E-state index contributed by atoms with van der Waals surface area (Å²) < 4.78 is 21.2. The maximum atomic E-state index is 12.5. The van der Waals surface area contributed by atoms with E-state index in [0.717, 1.165) is 0 Å². The molecule has 0 N–H and O–H groups in total. The highest BCUT2D eigenvalue weighted by Gasteiger charge is 2.17. The smallest absolute Gasteiger partial charge is 0.343 e. The van der Waals surface area contributed by atoms with Crippen molar-refractivity contribution in [2.45, 2.75) is 0 Å². The van der Waals surface area contributed by atoms with Crippen molar-refractivity contribution >= 4 is 27.9 Å². The molecule has 0 saturated heterocycles. The molecule has 2 aromatic carbocycles. The molecule has 0 bridgehead atoms. The number of carbonyl (C=O) groups is 1. The lowest BCUT2D eigenvalue weighted by molar-refractivity contribution is 0.0739. The van der Waals surface area contributed by atoms with E-state index in [4.69, 9.17) is 18.3 Å². The summed E-state index contributed by atoms with van der Waals surface area (Å²) in [5.74, 6) is 0.385. The SMILES string of the molecule is COc1ccc(C(=O)Oc2c3ccoc3cc3oc(=O)ccc23)cc1. The topological polar surface area (TPSA) is 78.9 Å². The number of hydrogen-bond donors (Lipinski definition) is 0. The second-order valence-electron chi connectivity index (χ2n) is 5.32. The van der Waals surface area contributed by atoms with Gasteiger partial charge in [-0.2, -0.15) is 0 Å². The normalized spacial score (nSPS) is 10.9. The van der Waals surface area contributed by atoms with Gasteiger partial charge in [-0.25, -0.2) is 9.59 Å². The zero-order valence-corrected chi connectivity index (χ0v) is 13.1. The molecule has 2 heterocycles. The van der Waals surface area contributed by atoms with Crippen LogP contribution in [0, 0.1) is 0 Å². The monoisotopic (exact) mass is 336 g/mol. The lowest BCUT2D eigenvalue weighted by Crippen LogP contribution is -2.09. The molecule has 4 rings (SSSR count). The van der Waals surface area contributed by atoms with Crippen LogP contribution >= 0.6 is 0 Å². The first-order chi connectivity index (χ1) is 12.2.